The van der Waals surface area contributed by atoms with E-state index in [0.29, 0.717) is 44.9 Å². The first-order chi connectivity index (χ1) is 14.1. The minimum atomic E-state index is -1.34. The van der Waals surface area contributed by atoms with Gasteiger partial charge in [-0.05, 0) is 92.9 Å². The molecule has 0 aromatic heterocycles. The minimum Gasteiger partial charge on any atom is -0.508 e. The van der Waals surface area contributed by atoms with Crippen molar-refractivity contribution in [2.24, 2.45) is 11.3 Å². The predicted octanol–water partition coefficient (Wildman–Crippen LogP) is 6.10. The lowest BCUT2D eigenvalue weighted by Gasteiger charge is -2.35. The van der Waals surface area contributed by atoms with Gasteiger partial charge in [0.25, 0.3) is 0 Å². The number of hydrogen-bond acceptors (Lipinski definition) is 4. The van der Waals surface area contributed by atoms with E-state index >= 15 is 0 Å². The second kappa shape index (κ2) is 8.98. The molecule has 1 saturated carbocycles. The first-order valence-corrected chi connectivity index (χ1v) is 11.2. The highest BCUT2D eigenvalue weighted by atomic mass is 79.9. The average Bonchev–Trinajstić information content (AvgIpc) is 2.59. The van der Waals surface area contributed by atoms with Crippen molar-refractivity contribution in [3.63, 3.8) is 0 Å². The molecular weight excluding hydrogens is 518 g/mol. The molecular formula is C22H23Br2NO5. The number of carbonyl (C=O) groups excluding carboxylic acids is 1. The van der Waals surface area contributed by atoms with E-state index in [2.05, 4.69) is 51.0 Å². The van der Waals surface area contributed by atoms with Gasteiger partial charge in [-0.25, -0.2) is 0 Å². The molecule has 160 valence electrons. The van der Waals surface area contributed by atoms with Gasteiger partial charge in [-0.2, -0.15) is 0 Å². The zero-order valence-corrected chi connectivity index (χ0v) is 19.8. The molecule has 0 radical (unpaired) electrons. The maximum atomic E-state index is 12.5. The normalized spacial score (nSPS) is 14.8. The summed E-state index contributed by atoms with van der Waals surface area (Å²) in [5.74, 6) is 0.0963. The molecule has 0 heterocycles. The van der Waals surface area contributed by atoms with Crippen LogP contribution in [-0.2, 0) is 16.0 Å². The number of phenols is 1. The maximum Gasteiger partial charge on any atom is 0.319 e. The van der Waals surface area contributed by atoms with Crippen LogP contribution in [0, 0.1) is 11.3 Å². The molecule has 0 atom stereocenters. The van der Waals surface area contributed by atoms with Crippen molar-refractivity contribution in [3.8, 4) is 17.2 Å². The molecule has 2 aromatic rings. The molecule has 0 spiro atoms. The van der Waals surface area contributed by atoms with Gasteiger partial charge in [-0.1, -0.05) is 20.3 Å². The number of nitrogens with one attached hydrogen (secondary N) is 1. The third-order valence-electron chi connectivity index (χ3n) is 5.21. The molecule has 1 aliphatic rings. The highest BCUT2D eigenvalue weighted by Gasteiger charge is 2.51. The van der Waals surface area contributed by atoms with E-state index in [9.17, 15) is 19.8 Å². The van der Waals surface area contributed by atoms with Crippen LogP contribution in [0.5, 0.6) is 17.2 Å². The minimum absolute atomic E-state index is 0.232. The van der Waals surface area contributed by atoms with E-state index in [1.54, 1.807) is 30.3 Å². The number of aromatic hydroxyl groups is 1. The first-order valence-electron chi connectivity index (χ1n) is 9.66. The Hall–Kier alpha value is -2.06. The molecule has 30 heavy (non-hydrogen) atoms. The van der Waals surface area contributed by atoms with E-state index < -0.39 is 17.3 Å². The van der Waals surface area contributed by atoms with Crippen molar-refractivity contribution in [1.29, 1.82) is 0 Å². The molecule has 3 N–H and O–H groups in total. The van der Waals surface area contributed by atoms with E-state index in [4.69, 9.17) is 4.74 Å². The summed E-state index contributed by atoms with van der Waals surface area (Å²) in [5, 5.41) is 22.2. The van der Waals surface area contributed by atoms with Crippen LogP contribution in [0.4, 0.5) is 5.69 Å². The lowest BCUT2D eigenvalue weighted by atomic mass is 9.68. The fourth-order valence-corrected chi connectivity index (χ4v) is 4.74. The number of ether oxygens (including phenoxy) is 1. The van der Waals surface area contributed by atoms with Gasteiger partial charge < -0.3 is 20.3 Å². The fourth-order valence-electron chi connectivity index (χ4n) is 3.40. The molecule has 0 saturated heterocycles. The number of phenolic OH excluding ortho intramolecular Hbond substituents is 1. The van der Waals surface area contributed by atoms with Gasteiger partial charge in [0.2, 0.25) is 5.91 Å². The number of rotatable bonds is 7. The Kier molecular flexibility index (Phi) is 6.77. The SMILES string of the molecule is CC(C)Cc1cc(Oc2c(Br)cc(NC(=O)C3(C(=O)O)CCC3)cc2Br)ccc1O. The number of benzene rings is 2. The third-order valence-corrected chi connectivity index (χ3v) is 6.38. The monoisotopic (exact) mass is 539 g/mol. The van der Waals surface area contributed by atoms with Gasteiger partial charge in [0.1, 0.15) is 16.9 Å². The van der Waals surface area contributed by atoms with Crippen molar-refractivity contribution >= 4 is 49.4 Å². The Labute approximate surface area is 191 Å². The Morgan fingerprint density at radius 3 is 2.30 bits per heavy atom. The lowest BCUT2D eigenvalue weighted by molar-refractivity contribution is -0.159. The second-order valence-corrected chi connectivity index (χ2v) is 9.66. The van der Waals surface area contributed by atoms with Crippen LogP contribution in [-0.4, -0.2) is 22.1 Å². The third kappa shape index (κ3) is 4.64. The van der Waals surface area contributed by atoms with Crippen LogP contribution in [0.15, 0.2) is 39.3 Å². The van der Waals surface area contributed by atoms with Gasteiger partial charge in [0, 0.05) is 5.69 Å². The van der Waals surface area contributed by atoms with Gasteiger partial charge in [0.05, 0.1) is 8.95 Å². The Bertz CT molecular complexity index is 962. The highest BCUT2D eigenvalue weighted by Crippen LogP contribution is 2.44. The van der Waals surface area contributed by atoms with Crippen LogP contribution in [0.25, 0.3) is 0 Å². The van der Waals surface area contributed by atoms with Crippen molar-refractivity contribution in [3.05, 3.63) is 44.8 Å². The van der Waals surface area contributed by atoms with Crippen molar-refractivity contribution in [1.82, 2.24) is 0 Å². The lowest BCUT2D eigenvalue weighted by Crippen LogP contribution is -2.48. The molecule has 1 fully saturated rings. The Morgan fingerprint density at radius 2 is 1.80 bits per heavy atom. The number of anilines is 1. The van der Waals surface area contributed by atoms with Crippen molar-refractivity contribution in [2.45, 2.75) is 39.5 Å². The molecule has 8 heteroatoms. The average molecular weight is 541 g/mol. The summed E-state index contributed by atoms with van der Waals surface area (Å²) in [5.41, 5.74) is -0.0737. The van der Waals surface area contributed by atoms with Crippen molar-refractivity contribution < 1.29 is 24.5 Å². The summed E-state index contributed by atoms with van der Waals surface area (Å²) in [4.78, 5) is 24.1. The summed E-state index contributed by atoms with van der Waals surface area (Å²) >= 11 is 6.91. The maximum absolute atomic E-state index is 12.5. The summed E-state index contributed by atoms with van der Waals surface area (Å²) < 4.78 is 7.18. The van der Waals surface area contributed by atoms with Gasteiger partial charge in [-0.3, -0.25) is 9.59 Å². The topological polar surface area (TPSA) is 95.9 Å². The van der Waals surface area contributed by atoms with Crippen LogP contribution in [0.3, 0.4) is 0 Å². The zero-order chi connectivity index (χ0) is 22.1. The smallest absolute Gasteiger partial charge is 0.319 e. The van der Waals surface area contributed by atoms with Gasteiger partial charge >= 0.3 is 5.97 Å². The number of amides is 1. The molecule has 2 aromatic carbocycles. The summed E-state index contributed by atoms with van der Waals surface area (Å²) in [6, 6.07) is 8.43. The van der Waals surface area contributed by atoms with E-state index in [1.807, 2.05) is 0 Å². The molecule has 3 rings (SSSR count). The summed E-state index contributed by atoms with van der Waals surface area (Å²) in [7, 11) is 0. The van der Waals surface area contributed by atoms with Gasteiger partial charge in [-0.15, -0.1) is 0 Å². The molecule has 0 unspecified atom stereocenters. The molecule has 6 nitrogen and oxygen atoms in total. The number of hydrogen-bond donors (Lipinski definition) is 3. The molecule has 1 aliphatic carbocycles. The van der Waals surface area contributed by atoms with Gasteiger partial charge in [0.15, 0.2) is 5.75 Å². The molecule has 1 amide bonds. The number of carboxylic acids is 1. The van der Waals surface area contributed by atoms with E-state index in [0.717, 1.165) is 18.4 Å². The quantitative estimate of drug-likeness (QED) is 0.369. The fraction of sp³-hybridized carbons (Fsp3) is 0.364. The van der Waals surface area contributed by atoms with Crippen molar-refractivity contribution in [2.75, 3.05) is 5.32 Å². The molecule has 0 aliphatic heterocycles. The number of aliphatic carboxylic acids is 1. The van der Waals surface area contributed by atoms with E-state index in [-0.39, 0.29) is 5.75 Å². The number of halogens is 2. The van der Waals surface area contributed by atoms with Crippen LogP contribution < -0.4 is 10.1 Å². The highest BCUT2D eigenvalue weighted by molar-refractivity contribution is 9.11. The molecule has 0 bridgehead atoms. The van der Waals surface area contributed by atoms with Crippen LogP contribution >= 0.6 is 31.9 Å². The summed E-state index contributed by atoms with van der Waals surface area (Å²) in [6.45, 7) is 4.15. The Balaban J connectivity index is 1.80. The zero-order valence-electron chi connectivity index (χ0n) is 16.7. The summed E-state index contributed by atoms with van der Waals surface area (Å²) in [6.07, 6.45) is 2.14. The first kappa shape index (κ1) is 22.6. The number of carboxylic acid groups (broad SMARTS) is 1. The Morgan fingerprint density at radius 1 is 1.17 bits per heavy atom. The number of carbonyl (C=O) groups is 2. The van der Waals surface area contributed by atoms with Crippen LogP contribution in [0.1, 0.15) is 38.7 Å². The predicted molar refractivity (Wildman–Crippen MR) is 121 cm³/mol. The van der Waals surface area contributed by atoms with Crippen LogP contribution in [0.2, 0.25) is 0 Å². The van der Waals surface area contributed by atoms with E-state index in [1.165, 1.54) is 0 Å². The second-order valence-electron chi connectivity index (χ2n) is 7.95. The largest absolute Gasteiger partial charge is 0.508 e. The standard InChI is InChI=1S/C22H23Br2NO5/c1-12(2)8-13-9-15(4-5-18(13)26)30-19-16(23)10-14(11-17(19)24)25-20(27)22(21(28)29)6-3-7-22/h4-5,9-12,26H,3,6-8H2,1-2H3,(H,25,27)(H,28,29).